The summed E-state index contributed by atoms with van der Waals surface area (Å²) in [6.45, 7) is 3.64. The van der Waals surface area contributed by atoms with Gasteiger partial charge in [0.05, 0.1) is 12.8 Å². The van der Waals surface area contributed by atoms with E-state index >= 15 is 0 Å². The number of aryl methyl sites for hydroxylation is 2. The maximum Gasteiger partial charge on any atom is 0.270 e. The van der Waals surface area contributed by atoms with Gasteiger partial charge in [-0.2, -0.15) is 5.10 Å². The molecule has 6 nitrogen and oxygen atoms in total. The van der Waals surface area contributed by atoms with Gasteiger partial charge in [0.15, 0.2) is 0 Å². The van der Waals surface area contributed by atoms with Crippen molar-refractivity contribution >= 4 is 11.6 Å². The van der Waals surface area contributed by atoms with Crippen molar-refractivity contribution in [1.82, 2.24) is 9.78 Å². The third-order valence-corrected chi connectivity index (χ3v) is 4.37. The molecule has 0 radical (unpaired) electrons. The number of ether oxygens (including phenoxy) is 1. The molecule has 6 heteroatoms. The number of benzene rings is 2. The fourth-order valence-electron chi connectivity index (χ4n) is 3.01. The van der Waals surface area contributed by atoms with Gasteiger partial charge in [-0.15, -0.1) is 0 Å². The molecule has 0 aliphatic carbocycles. The number of methoxy groups -OCH3 is 1. The number of amides is 1. The Bertz CT molecular complexity index is 1040. The first-order valence-corrected chi connectivity index (χ1v) is 9.02. The summed E-state index contributed by atoms with van der Waals surface area (Å²) < 4.78 is 6.58. The van der Waals surface area contributed by atoms with Gasteiger partial charge in [0.1, 0.15) is 12.3 Å². The quantitative estimate of drug-likeness (QED) is 0.716. The SMILES string of the molecule is COc1ccccc1Cc1cc(C)nn(CC(=O)Nc2ccc(C)cc2)c1=O. The van der Waals surface area contributed by atoms with Crippen molar-refractivity contribution in [3.8, 4) is 5.75 Å². The second-order valence-corrected chi connectivity index (χ2v) is 6.68. The molecule has 144 valence electrons. The van der Waals surface area contributed by atoms with Crippen LogP contribution in [0.5, 0.6) is 5.75 Å². The van der Waals surface area contributed by atoms with E-state index in [0.29, 0.717) is 23.4 Å². The van der Waals surface area contributed by atoms with E-state index in [9.17, 15) is 9.59 Å². The van der Waals surface area contributed by atoms with Crippen LogP contribution in [-0.4, -0.2) is 22.8 Å². The van der Waals surface area contributed by atoms with Gasteiger partial charge in [-0.1, -0.05) is 35.9 Å². The van der Waals surface area contributed by atoms with Crippen LogP contribution >= 0.6 is 0 Å². The number of aromatic nitrogens is 2. The summed E-state index contributed by atoms with van der Waals surface area (Å²) in [6, 6.07) is 16.8. The number of carbonyl (C=O) groups is 1. The number of carbonyl (C=O) groups excluding carboxylic acids is 1. The number of anilines is 1. The number of nitrogens with one attached hydrogen (secondary N) is 1. The minimum atomic E-state index is -0.299. The van der Waals surface area contributed by atoms with Crippen LogP contribution in [0.1, 0.15) is 22.4 Å². The molecule has 0 saturated carbocycles. The zero-order valence-electron chi connectivity index (χ0n) is 16.2. The molecular formula is C22H23N3O3. The largest absolute Gasteiger partial charge is 0.496 e. The summed E-state index contributed by atoms with van der Waals surface area (Å²) in [5, 5.41) is 7.02. The molecule has 1 N–H and O–H groups in total. The van der Waals surface area contributed by atoms with Crippen LogP contribution in [0.15, 0.2) is 59.4 Å². The van der Waals surface area contributed by atoms with E-state index in [2.05, 4.69) is 10.4 Å². The van der Waals surface area contributed by atoms with Crippen LogP contribution in [0.4, 0.5) is 5.69 Å². The fraction of sp³-hybridized carbons (Fsp3) is 0.227. The van der Waals surface area contributed by atoms with Gasteiger partial charge >= 0.3 is 0 Å². The van der Waals surface area contributed by atoms with E-state index in [1.165, 1.54) is 4.68 Å². The summed E-state index contributed by atoms with van der Waals surface area (Å²) in [7, 11) is 1.60. The van der Waals surface area contributed by atoms with Crippen LogP contribution in [0.3, 0.4) is 0 Å². The van der Waals surface area contributed by atoms with Crippen molar-refractivity contribution in [2.45, 2.75) is 26.8 Å². The molecule has 0 fully saturated rings. The molecule has 1 amide bonds. The second kappa shape index (κ2) is 8.52. The number of hydrogen-bond donors (Lipinski definition) is 1. The van der Waals surface area contributed by atoms with Crippen LogP contribution < -0.4 is 15.6 Å². The van der Waals surface area contributed by atoms with Crippen molar-refractivity contribution < 1.29 is 9.53 Å². The predicted molar refractivity (Wildman–Crippen MR) is 109 cm³/mol. The lowest BCUT2D eigenvalue weighted by atomic mass is 10.1. The molecule has 0 spiro atoms. The molecule has 0 atom stereocenters. The lowest BCUT2D eigenvalue weighted by Gasteiger charge is -2.11. The van der Waals surface area contributed by atoms with Crippen LogP contribution in [-0.2, 0) is 17.8 Å². The van der Waals surface area contributed by atoms with E-state index in [-0.39, 0.29) is 18.0 Å². The van der Waals surface area contributed by atoms with Crippen molar-refractivity contribution in [2.75, 3.05) is 12.4 Å². The molecule has 0 aliphatic heterocycles. The zero-order valence-corrected chi connectivity index (χ0v) is 16.2. The topological polar surface area (TPSA) is 73.2 Å². The fourth-order valence-corrected chi connectivity index (χ4v) is 3.01. The standard InChI is InChI=1S/C22H23N3O3/c1-15-8-10-19(11-9-15)23-21(26)14-25-22(27)18(12-16(2)24-25)13-17-6-4-5-7-20(17)28-3/h4-12H,13-14H2,1-3H3,(H,23,26). The number of para-hydroxylation sites is 1. The molecule has 3 aromatic rings. The third kappa shape index (κ3) is 4.65. The maximum absolute atomic E-state index is 12.8. The Morgan fingerprint density at radius 1 is 1.07 bits per heavy atom. The number of nitrogens with zero attached hydrogens (tertiary/aromatic N) is 2. The Morgan fingerprint density at radius 2 is 1.79 bits per heavy atom. The van der Waals surface area contributed by atoms with Gasteiger partial charge in [-0.25, -0.2) is 4.68 Å². The Hall–Kier alpha value is -3.41. The molecule has 1 aromatic heterocycles. The summed E-state index contributed by atoms with van der Waals surface area (Å²) in [4.78, 5) is 25.2. The average Bonchev–Trinajstić information content (AvgIpc) is 2.67. The summed E-state index contributed by atoms with van der Waals surface area (Å²) >= 11 is 0. The summed E-state index contributed by atoms with van der Waals surface area (Å²) in [5.74, 6) is 0.423. The number of rotatable bonds is 6. The first kappa shape index (κ1) is 19.4. The van der Waals surface area contributed by atoms with E-state index in [1.54, 1.807) is 20.1 Å². The predicted octanol–water partition coefficient (Wildman–Crippen LogP) is 3.10. The van der Waals surface area contributed by atoms with Gasteiger partial charge in [0.25, 0.3) is 5.56 Å². The van der Waals surface area contributed by atoms with Gasteiger partial charge in [-0.05, 0) is 43.7 Å². The summed E-state index contributed by atoms with van der Waals surface area (Å²) in [5.41, 5.74) is 3.66. The first-order chi connectivity index (χ1) is 13.5. The minimum Gasteiger partial charge on any atom is -0.496 e. The van der Waals surface area contributed by atoms with Crippen molar-refractivity contribution in [3.63, 3.8) is 0 Å². The first-order valence-electron chi connectivity index (χ1n) is 9.02. The van der Waals surface area contributed by atoms with E-state index in [1.807, 2.05) is 55.5 Å². The van der Waals surface area contributed by atoms with Crippen molar-refractivity contribution in [2.24, 2.45) is 0 Å². The Balaban J connectivity index is 1.81. The Labute approximate surface area is 163 Å². The number of hydrogen-bond acceptors (Lipinski definition) is 4. The molecule has 1 heterocycles. The highest BCUT2D eigenvalue weighted by molar-refractivity contribution is 5.90. The highest BCUT2D eigenvalue weighted by atomic mass is 16.5. The normalized spacial score (nSPS) is 10.5. The van der Waals surface area contributed by atoms with Gasteiger partial charge in [0, 0.05) is 17.7 Å². The molecule has 2 aromatic carbocycles. The van der Waals surface area contributed by atoms with Crippen LogP contribution in [0, 0.1) is 13.8 Å². The van der Waals surface area contributed by atoms with E-state index < -0.39 is 0 Å². The monoisotopic (exact) mass is 377 g/mol. The third-order valence-electron chi connectivity index (χ3n) is 4.37. The van der Waals surface area contributed by atoms with Crippen LogP contribution in [0.25, 0.3) is 0 Å². The second-order valence-electron chi connectivity index (χ2n) is 6.68. The lowest BCUT2D eigenvalue weighted by Crippen LogP contribution is -2.32. The minimum absolute atomic E-state index is 0.146. The molecule has 0 bridgehead atoms. The highest BCUT2D eigenvalue weighted by Gasteiger charge is 2.13. The molecular weight excluding hydrogens is 354 g/mol. The van der Waals surface area contributed by atoms with E-state index in [0.717, 1.165) is 16.9 Å². The van der Waals surface area contributed by atoms with E-state index in [4.69, 9.17) is 4.74 Å². The molecule has 0 aliphatic rings. The average molecular weight is 377 g/mol. The maximum atomic E-state index is 12.8. The summed E-state index contributed by atoms with van der Waals surface area (Å²) in [6.07, 6.45) is 0.409. The van der Waals surface area contributed by atoms with Crippen molar-refractivity contribution in [1.29, 1.82) is 0 Å². The van der Waals surface area contributed by atoms with Gasteiger partial charge < -0.3 is 10.1 Å². The van der Waals surface area contributed by atoms with Crippen molar-refractivity contribution in [3.05, 3.63) is 87.3 Å². The molecule has 0 saturated heterocycles. The lowest BCUT2D eigenvalue weighted by molar-refractivity contribution is -0.117. The molecule has 0 unspecified atom stereocenters. The van der Waals surface area contributed by atoms with Gasteiger partial charge in [-0.3, -0.25) is 9.59 Å². The van der Waals surface area contributed by atoms with Gasteiger partial charge in [0.2, 0.25) is 5.91 Å². The Kier molecular flexibility index (Phi) is 5.89. The zero-order chi connectivity index (χ0) is 20.1. The smallest absolute Gasteiger partial charge is 0.270 e. The molecule has 3 rings (SSSR count). The van der Waals surface area contributed by atoms with Crippen LogP contribution in [0.2, 0.25) is 0 Å². The molecule has 28 heavy (non-hydrogen) atoms. The Morgan fingerprint density at radius 3 is 2.50 bits per heavy atom. The highest BCUT2D eigenvalue weighted by Crippen LogP contribution is 2.19.